The number of ether oxygens (including phenoxy) is 2. The summed E-state index contributed by atoms with van der Waals surface area (Å²) in [4.78, 5) is 0. The molecular weight excluding hydrogens is 262 g/mol. The first-order valence-corrected chi connectivity index (χ1v) is 7.64. The van der Waals surface area contributed by atoms with E-state index in [1.807, 2.05) is 12.1 Å². The summed E-state index contributed by atoms with van der Waals surface area (Å²) in [5.41, 5.74) is 7.46. The highest BCUT2D eigenvalue weighted by atomic mass is 16.5. The van der Waals surface area contributed by atoms with E-state index in [-0.39, 0.29) is 11.5 Å². The zero-order valence-corrected chi connectivity index (χ0v) is 14.4. The lowest BCUT2D eigenvalue weighted by atomic mass is 9.72. The maximum absolute atomic E-state index is 5.82. The van der Waals surface area contributed by atoms with Crippen LogP contribution in [0.25, 0.3) is 0 Å². The van der Waals surface area contributed by atoms with Crippen molar-refractivity contribution < 1.29 is 9.47 Å². The van der Waals surface area contributed by atoms with Gasteiger partial charge in [0.1, 0.15) is 11.9 Å². The van der Waals surface area contributed by atoms with Gasteiger partial charge in [-0.1, -0.05) is 46.8 Å². The summed E-state index contributed by atoms with van der Waals surface area (Å²) in [6.07, 6.45) is 1.04. The second-order valence-corrected chi connectivity index (χ2v) is 7.58. The van der Waals surface area contributed by atoms with Crippen LogP contribution in [0.2, 0.25) is 0 Å². The van der Waals surface area contributed by atoms with Crippen LogP contribution in [0.3, 0.4) is 0 Å². The van der Waals surface area contributed by atoms with Crippen LogP contribution in [0.5, 0.6) is 5.75 Å². The Kier molecular flexibility index (Phi) is 6.24. The van der Waals surface area contributed by atoms with Crippen molar-refractivity contribution in [2.45, 2.75) is 52.6 Å². The second-order valence-electron chi connectivity index (χ2n) is 7.58. The monoisotopic (exact) mass is 293 g/mol. The van der Waals surface area contributed by atoms with Crippen LogP contribution in [0.15, 0.2) is 24.3 Å². The molecule has 1 unspecified atom stereocenters. The summed E-state index contributed by atoms with van der Waals surface area (Å²) >= 11 is 0. The Morgan fingerprint density at radius 2 is 1.62 bits per heavy atom. The van der Waals surface area contributed by atoms with Gasteiger partial charge < -0.3 is 15.2 Å². The standard InChI is InChI=1S/C18H31NO2/c1-17(2,3)13-18(4,5)14-7-9-15(10-8-14)21-16(11-19)12-20-6/h7-10,16H,11-13,19H2,1-6H3. The van der Waals surface area contributed by atoms with Crippen LogP contribution in [0.4, 0.5) is 0 Å². The van der Waals surface area contributed by atoms with Gasteiger partial charge in [0.15, 0.2) is 0 Å². The molecule has 0 amide bonds. The van der Waals surface area contributed by atoms with E-state index in [2.05, 4.69) is 46.8 Å². The number of rotatable bonds is 7. The predicted molar refractivity (Wildman–Crippen MR) is 88.9 cm³/mol. The van der Waals surface area contributed by atoms with E-state index >= 15 is 0 Å². The topological polar surface area (TPSA) is 44.5 Å². The lowest BCUT2D eigenvalue weighted by Gasteiger charge is -2.33. The maximum atomic E-state index is 5.82. The maximum Gasteiger partial charge on any atom is 0.134 e. The van der Waals surface area contributed by atoms with Crippen LogP contribution in [0.1, 0.15) is 46.6 Å². The first-order valence-electron chi connectivity index (χ1n) is 7.64. The third-order valence-corrected chi connectivity index (χ3v) is 3.53. The zero-order valence-electron chi connectivity index (χ0n) is 14.4. The molecule has 3 nitrogen and oxygen atoms in total. The number of nitrogens with two attached hydrogens (primary N) is 1. The van der Waals surface area contributed by atoms with Gasteiger partial charge in [0.25, 0.3) is 0 Å². The van der Waals surface area contributed by atoms with E-state index in [9.17, 15) is 0 Å². The zero-order chi connectivity index (χ0) is 16.1. The van der Waals surface area contributed by atoms with Crippen molar-refractivity contribution in [3.63, 3.8) is 0 Å². The van der Waals surface area contributed by atoms with Gasteiger partial charge in [-0.3, -0.25) is 0 Å². The van der Waals surface area contributed by atoms with Gasteiger partial charge in [0.2, 0.25) is 0 Å². The van der Waals surface area contributed by atoms with Crippen LogP contribution in [-0.4, -0.2) is 26.4 Å². The number of hydrogen-bond donors (Lipinski definition) is 1. The van der Waals surface area contributed by atoms with E-state index in [1.54, 1.807) is 7.11 Å². The van der Waals surface area contributed by atoms with Crippen LogP contribution in [0, 0.1) is 5.41 Å². The van der Waals surface area contributed by atoms with Gasteiger partial charge in [-0.2, -0.15) is 0 Å². The summed E-state index contributed by atoms with van der Waals surface area (Å²) in [6.45, 7) is 12.4. The lowest BCUT2D eigenvalue weighted by molar-refractivity contribution is 0.0860. The predicted octanol–water partition coefficient (Wildman–Crippen LogP) is 3.75. The fourth-order valence-electron chi connectivity index (χ4n) is 2.94. The molecule has 0 aliphatic heterocycles. The SMILES string of the molecule is COCC(CN)Oc1ccc(C(C)(C)CC(C)(C)C)cc1. The molecule has 1 aromatic carbocycles. The Hall–Kier alpha value is -1.06. The minimum atomic E-state index is -0.0940. The van der Waals surface area contributed by atoms with E-state index in [0.29, 0.717) is 18.6 Å². The fraction of sp³-hybridized carbons (Fsp3) is 0.667. The lowest BCUT2D eigenvalue weighted by Crippen LogP contribution is -2.31. The molecule has 0 bridgehead atoms. The summed E-state index contributed by atoms with van der Waals surface area (Å²) in [5, 5.41) is 0. The van der Waals surface area contributed by atoms with Gasteiger partial charge in [0, 0.05) is 13.7 Å². The highest BCUT2D eigenvalue weighted by Crippen LogP contribution is 2.36. The third-order valence-electron chi connectivity index (χ3n) is 3.53. The van der Waals surface area contributed by atoms with Crippen molar-refractivity contribution in [2.24, 2.45) is 11.1 Å². The Morgan fingerprint density at radius 3 is 2.05 bits per heavy atom. The Morgan fingerprint density at radius 1 is 1.05 bits per heavy atom. The second kappa shape index (κ2) is 7.28. The minimum absolute atomic E-state index is 0.0940. The largest absolute Gasteiger partial charge is 0.487 e. The molecule has 0 saturated heterocycles. The summed E-state index contributed by atoms with van der Waals surface area (Å²) in [5.74, 6) is 0.845. The molecule has 120 valence electrons. The van der Waals surface area contributed by atoms with E-state index < -0.39 is 0 Å². The van der Waals surface area contributed by atoms with Gasteiger partial charge in [-0.05, 0) is 34.9 Å². The fourth-order valence-corrected chi connectivity index (χ4v) is 2.94. The average molecular weight is 293 g/mol. The average Bonchev–Trinajstić information content (AvgIpc) is 2.36. The summed E-state index contributed by atoms with van der Waals surface area (Å²) < 4.78 is 10.9. The molecule has 1 rings (SSSR count). The minimum Gasteiger partial charge on any atom is -0.487 e. The number of benzene rings is 1. The smallest absolute Gasteiger partial charge is 0.134 e. The molecule has 0 saturated carbocycles. The van der Waals surface area contributed by atoms with E-state index in [4.69, 9.17) is 15.2 Å². The van der Waals surface area contributed by atoms with Gasteiger partial charge in [-0.15, -0.1) is 0 Å². The molecule has 21 heavy (non-hydrogen) atoms. The third kappa shape index (κ3) is 6.06. The van der Waals surface area contributed by atoms with Crippen molar-refractivity contribution >= 4 is 0 Å². The Balaban J connectivity index is 2.77. The molecular formula is C18H31NO2. The van der Waals surface area contributed by atoms with Crippen LogP contribution < -0.4 is 10.5 Å². The molecule has 1 aromatic rings. The van der Waals surface area contributed by atoms with Crippen molar-refractivity contribution in [2.75, 3.05) is 20.3 Å². The van der Waals surface area contributed by atoms with E-state index in [0.717, 1.165) is 12.2 Å². The van der Waals surface area contributed by atoms with Crippen molar-refractivity contribution in [1.29, 1.82) is 0 Å². The number of methoxy groups -OCH3 is 1. The molecule has 0 aliphatic rings. The Bertz CT molecular complexity index is 418. The quantitative estimate of drug-likeness (QED) is 0.832. The molecule has 0 aromatic heterocycles. The van der Waals surface area contributed by atoms with Crippen molar-refractivity contribution in [1.82, 2.24) is 0 Å². The molecule has 1 atom stereocenters. The highest BCUT2D eigenvalue weighted by molar-refractivity contribution is 5.32. The molecule has 0 fully saturated rings. The van der Waals surface area contributed by atoms with E-state index in [1.165, 1.54) is 5.56 Å². The molecule has 0 heterocycles. The van der Waals surface area contributed by atoms with Gasteiger partial charge >= 0.3 is 0 Å². The molecule has 2 N–H and O–H groups in total. The van der Waals surface area contributed by atoms with Crippen molar-refractivity contribution in [3.8, 4) is 5.75 Å². The normalized spacial score (nSPS) is 14.0. The molecule has 3 heteroatoms. The molecule has 0 radical (unpaired) electrons. The van der Waals surface area contributed by atoms with Crippen molar-refractivity contribution in [3.05, 3.63) is 29.8 Å². The van der Waals surface area contributed by atoms with Crippen LogP contribution in [-0.2, 0) is 10.2 Å². The Labute approximate surface area is 129 Å². The van der Waals surface area contributed by atoms with Gasteiger partial charge in [-0.25, -0.2) is 0 Å². The summed E-state index contributed by atoms with van der Waals surface area (Å²) in [6, 6.07) is 8.36. The summed E-state index contributed by atoms with van der Waals surface area (Å²) in [7, 11) is 1.66. The molecule has 0 spiro atoms. The van der Waals surface area contributed by atoms with Gasteiger partial charge in [0.05, 0.1) is 6.61 Å². The number of hydrogen-bond acceptors (Lipinski definition) is 3. The first-order chi connectivity index (χ1) is 9.68. The van der Waals surface area contributed by atoms with Crippen LogP contribution >= 0.6 is 0 Å². The highest BCUT2D eigenvalue weighted by Gasteiger charge is 2.27. The molecule has 0 aliphatic carbocycles. The first kappa shape index (κ1) is 18.0.